The monoisotopic (exact) mass is 380 g/mol. The van der Waals surface area contributed by atoms with Crippen molar-refractivity contribution in [3.63, 3.8) is 0 Å². The van der Waals surface area contributed by atoms with Crippen LogP contribution in [-0.2, 0) is 16.1 Å². The molecule has 0 spiro atoms. The Morgan fingerprint density at radius 3 is 1.89 bits per heavy atom. The molecule has 0 N–H and O–H groups in total. The van der Waals surface area contributed by atoms with E-state index in [1.807, 2.05) is 6.92 Å². The van der Waals surface area contributed by atoms with Crippen LogP contribution in [0.5, 0.6) is 0 Å². The van der Waals surface area contributed by atoms with Gasteiger partial charge in [-0.25, -0.2) is 22.8 Å². The number of halogens is 3. The highest BCUT2D eigenvalue weighted by atomic mass is 19.2. The van der Waals surface area contributed by atoms with E-state index in [0.29, 0.717) is 12.2 Å². The van der Waals surface area contributed by atoms with Crippen LogP contribution in [0.15, 0.2) is 36.4 Å². The molecule has 0 saturated heterocycles. The molecule has 0 atom stereocenters. The summed E-state index contributed by atoms with van der Waals surface area (Å²) in [5.74, 6) is -5.53. The summed E-state index contributed by atoms with van der Waals surface area (Å²) in [7, 11) is 0. The van der Waals surface area contributed by atoms with E-state index in [-0.39, 0.29) is 11.1 Å². The molecule has 0 fully saturated rings. The van der Waals surface area contributed by atoms with Gasteiger partial charge in [0.25, 0.3) is 0 Å². The molecule has 0 aromatic heterocycles. The number of hydrogen-bond acceptors (Lipinski definition) is 4. The molecule has 0 unspecified atom stereocenters. The van der Waals surface area contributed by atoms with Crippen LogP contribution in [0.25, 0.3) is 0 Å². The molecule has 0 bridgehead atoms. The van der Waals surface area contributed by atoms with Gasteiger partial charge in [-0.3, -0.25) is 0 Å². The molecule has 2 aromatic rings. The highest BCUT2D eigenvalue weighted by Crippen LogP contribution is 2.15. The van der Waals surface area contributed by atoms with Gasteiger partial charge in [-0.15, -0.1) is 0 Å². The van der Waals surface area contributed by atoms with Crippen LogP contribution >= 0.6 is 0 Å². The molecule has 7 heteroatoms. The summed E-state index contributed by atoms with van der Waals surface area (Å²) < 4.78 is 49.2. The van der Waals surface area contributed by atoms with Crippen molar-refractivity contribution in [3.8, 4) is 0 Å². The maximum absolute atomic E-state index is 13.1. The number of unbranched alkanes of at least 4 members (excludes halogenated alkanes) is 2. The lowest BCUT2D eigenvalue weighted by Crippen LogP contribution is -2.09. The lowest BCUT2D eigenvalue weighted by Gasteiger charge is -2.07. The summed E-state index contributed by atoms with van der Waals surface area (Å²) in [5, 5.41) is 0. The van der Waals surface area contributed by atoms with Crippen LogP contribution in [0.3, 0.4) is 0 Å². The van der Waals surface area contributed by atoms with Crippen LogP contribution in [-0.4, -0.2) is 18.5 Å². The number of hydrogen-bond donors (Lipinski definition) is 0. The van der Waals surface area contributed by atoms with Crippen molar-refractivity contribution in [2.75, 3.05) is 6.61 Å². The van der Waals surface area contributed by atoms with Crippen LogP contribution in [0.4, 0.5) is 13.2 Å². The second-order valence-electron chi connectivity index (χ2n) is 5.87. The fourth-order valence-electron chi connectivity index (χ4n) is 2.27. The van der Waals surface area contributed by atoms with Crippen LogP contribution in [0, 0.1) is 17.5 Å². The first-order chi connectivity index (χ1) is 12.9. The molecule has 2 rings (SSSR count). The van der Waals surface area contributed by atoms with Crippen molar-refractivity contribution >= 4 is 11.9 Å². The van der Waals surface area contributed by atoms with Gasteiger partial charge in [-0.05, 0) is 48.4 Å². The third-order valence-electron chi connectivity index (χ3n) is 3.75. The Labute approximate surface area is 154 Å². The van der Waals surface area contributed by atoms with E-state index in [4.69, 9.17) is 9.47 Å². The second-order valence-corrected chi connectivity index (χ2v) is 5.87. The summed E-state index contributed by atoms with van der Waals surface area (Å²) in [6.45, 7) is 1.96. The molecule has 0 heterocycles. The van der Waals surface area contributed by atoms with Crippen LogP contribution in [0.1, 0.15) is 52.5 Å². The summed E-state index contributed by atoms with van der Waals surface area (Å²) in [6, 6.07) is 7.13. The van der Waals surface area contributed by atoms with Crippen molar-refractivity contribution in [3.05, 3.63) is 70.5 Å². The van der Waals surface area contributed by atoms with Gasteiger partial charge in [-0.2, -0.15) is 0 Å². The molecule has 0 radical (unpaired) electrons. The average molecular weight is 380 g/mol. The fraction of sp³-hybridized carbons (Fsp3) is 0.300. The maximum Gasteiger partial charge on any atom is 0.338 e. The Morgan fingerprint density at radius 1 is 0.852 bits per heavy atom. The number of carbonyl (C=O) groups is 2. The largest absolute Gasteiger partial charge is 0.462 e. The van der Waals surface area contributed by atoms with Gasteiger partial charge in [-0.1, -0.05) is 19.8 Å². The highest BCUT2D eigenvalue weighted by Gasteiger charge is 2.14. The smallest absolute Gasteiger partial charge is 0.338 e. The zero-order chi connectivity index (χ0) is 19.8. The summed E-state index contributed by atoms with van der Waals surface area (Å²) in [6.07, 6.45) is 2.78. The van der Waals surface area contributed by atoms with Gasteiger partial charge < -0.3 is 9.47 Å². The zero-order valence-electron chi connectivity index (χ0n) is 14.8. The minimum absolute atomic E-state index is 0.0213. The zero-order valence-corrected chi connectivity index (χ0v) is 14.8. The molecular weight excluding hydrogens is 361 g/mol. The molecule has 0 saturated carbocycles. The van der Waals surface area contributed by atoms with E-state index in [0.717, 1.165) is 31.4 Å². The number of rotatable bonds is 8. The summed E-state index contributed by atoms with van der Waals surface area (Å²) in [5.41, 5.74) is 0.429. The molecule has 2 aromatic carbocycles. The van der Waals surface area contributed by atoms with E-state index in [1.54, 1.807) is 0 Å². The predicted octanol–water partition coefficient (Wildman–Crippen LogP) is 4.81. The molecule has 4 nitrogen and oxygen atoms in total. The van der Waals surface area contributed by atoms with Gasteiger partial charge in [0.1, 0.15) is 6.61 Å². The first kappa shape index (κ1) is 20.5. The first-order valence-electron chi connectivity index (χ1n) is 8.50. The van der Waals surface area contributed by atoms with Crippen molar-refractivity contribution in [2.24, 2.45) is 0 Å². The highest BCUT2D eigenvalue weighted by molar-refractivity contribution is 5.93. The predicted molar refractivity (Wildman–Crippen MR) is 91.7 cm³/mol. The van der Waals surface area contributed by atoms with Crippen molar-refractivity contribution in [1.82, 2.24) is 0 Å². The summed E-state index contributed by atoms with van der Waals surface area (Å²) >= 11 is 0. The van der Waals surface area contributed by atoms with Crippen LogP contribution < -0.4 is 0 Å². The number of ether oxygens (including phenoxy) is 2. The number of benzene rings is 2. The minimum atomic E-state index is -1.58. The van der Waals surface area contributed by atoms with E-state index in [1.165, 1.54) is 24.3 Å². The van der Waals surface area contributed by atoms with Crippen LogP contribution in [0.2, 0.25) is 0 Å². The third kappa shape index (κ3) is 5.84. The van der Waals surface area contributed by atoms with Gasteiger partial charge in [0.2, 0.25) is 0 Å². The topological polar surface area (TPSA) is 52.6 Å². The molecule has 27 heavy (non-hydrogen) atoms. The Bertz CT molecular complexity index is 780. The molecule has 0 aliphatic carbocycles. The van der Waals surface area contributed by atoms with Crippen molar-refractivity contribution in [2.45, 2.75) is 32.8 Å². The van der Waals surface area contributed by atoms with Gasteiger partial charge in [0.15, 0.2) is 17.5 Å². The SMILES string of the molecule is CCCCCOC(=O)c1ccc(C(=O)OCc2cc(F)c(F)c(F)c2)cc1. The third-order valence-corrected chi connectivity index (χ3v) is 3.75. The Hall–Kier alpha value is -2.83. The van der Waals surface area contributed by atoms with Gasteiger partial charge in [0, 0.05) is 0 Å². The lowest BCUT2D eigenvalue weighted by atomic mass is 10.1. The van der Waals surface area contributed by atoms with Crippen molar-refractivity contribution in [1.29, 1.82) is 0 Å². The second kappa shape index (κ2) is 9.75. The molecule has 0 amide bonds. The standard InChI is InChI=1S/C20H19F3O4/c1-2-3-4-9-26-19(24)14-5-7-15(8-6-14)20(25)27-12-13-10-16(21)18(23)17(22)11-13/h5-8,10-11H,2-4,9,12H2,1H3. The minimum Gasteiger partial charge on any atom is -0.462 e. The van der Waals surface area contributed by atoms with Gasteiger partial charge >= 0.3 is 11.9 Å². The Morgan fingerprint density at radius 2 is 1.37 bits per heavy atom. The normalized spacial score (nSPS) is 10.5. The van der Waals surface area contributed by atoms with E-state index in [2.05, 4.69) is 0 Å². The maximum atomic E-state index is 13.1. The first-order valence-corrected chi connectivity index (χ1v) is 8.50. The summed E-state index contributed by atoms with van der Waals surface area (Å²) in [4.78, 5) is 23.8. The fourth-order valence-corrected chi connectivity index (χ4v) is 2.27. The average Bonchev–Trinajstić information content (AvgIpc) is 2.67. The molecule has 0 aliphatic rings. The number of esters is 2. The van der Waals surface area contributed by atoms with Gasteiger partial charge in [0.05, 0.1) is 17.7 Å². The molecular formula is C20H19F3O4. The molecule has 144 valence electrons. The lowest BCUT2D eigenvalue weighted by molar-refractivity contribution is 0.0465. The Kier molecular flexibility index (Phi) is 7.40. The Balaban J connectivity index is 1.90. The quantitative estimate of drug-likeness (QED) is 0.375. The number of carbonyl (C=O) groups excluding carboxylic acids is 2. The van der Waals surface area contributed by atoms with Crippen molar-refractivity contribution < 1.29 is 32.2 Å². The van der Waals surface area contributed by atoms with E-state index >= 15 is 0 Å². The molecule has 0 aliphatic heterocycles. The van der Waals surface area contributed by atoms with E-state index in [9.17, 15) is 22.8 Å². The van der Waals surface area contributed by atoms with E-state index < -0.39 is 36.0 Å².